The molecule has 0 saturated heterocycles. The summed E-state index contributed by atoms with van der Waals surface area (Å²) >= 11 is 1.88. The zero-order valence-corrected chi connectivity index (χ0v) is 12.7. The molecule has 17 heavy (non-hydrogen) atoms. The molecule has 1 aromatic rings. The molecule has 0 aliphatic heterocycles. The van der Waals surface area contributed by atoms with E-state index < -0.39 is 0 Å². The van der Waals surface area contributed by atoms with E-state index in [0.29, 0.717) is 6.54 Å². The number of aryl methyl sites for hydroxylation is 1. The van der Waals surface area contributed by atoms with Crippen molar-refractivity contribution >= 4 is 11.8 Å². The number of thioether (sulfide) groups is 1. The molecule has 0 amide bonds. The molecule has 0 atom stereocenters. The first-order valence-electron chi connectivity index (χ1n) is 6.16. The van der Waals surface area contributed by atoms with Crippen molar-refractivity contribution in [2.45, 2.75) is 56.6 Å². The molecule has 0 saturated carbocycles. The SMILES string of the molecule is Cc1ccc(C(C)(C)C)cc1SC(C)(C)CN. The second-order valence-corrected chi connectivity index (χ2v) is 8.05. The van der Waals surface area contributed by atoms with Gasteiger partial charge in [0.05, 0.1) is 0 Å². The molecule has 0 aromatic heterocycles. The van der Waals surface area contributed by atoms with Crippen molar-refractivity contribution in [3.05, 3.63) is 29.3 Å². The fourth-order valence-electron chi connectivity index (χ4n) is 1.52. The van der Waals surface area contributed by atoms with Gasteiger partial charge < -0.3 is 5.73 Å². The highest BCUT2D eigenvalue weighted by Crippen LogP contribution is 2.36. The van der Waals surface area contributed by atoms with E-state index in [1.165, 1.54) is 16.0 Å². The minimum atomic E-state index is 0.0985. The molecule has 0 radical (unpaired) electrons. The standard InChI is InChI=1S/C15H25NS/c1-11-7-8-12(14(2,3)4)9-13(11)17-15(5,6)10-16/h7-9H,10,16H2,1-6H3. The van der Waals surface area contributed by atoms with Crippen LogP contribution in [0.1, 0.15) is 45.7 Å². The van der Waals surface area contributed by atoms with Gasteiger partial charge in [-0.15, -0.1) is 11.8 Å². The number of hydrogen-bond acceptors (Lipinski definition) is 2. The summed E-state index contributed by atoms with van der Waals surface area (Å²) in [6, 6.07) is 6.77. The summed E-state index contributed by atoms with van der Waals surface area (Å²) < 4.78 is 0.0985. The lowest BCUT2D eigenvalue weighted by Gasteiger charge is -2.25. The van der Waals surface area contributed by atoms with Gasteiger partial charge in [0.15, 0.2) is 0 Å². The largest absolute Gasteiger partial charge is 0.329 e. The summed E-state index contributed by atoms with van der Waals surface area (Å²) in [6.45, 7) is 14.0. The lowest BCUT2D eigenvalue weighted by molar-refractivity contribution is 0.588. The molecule has 2 heteroatoms. The van der Waals surface area contributed by atoms with Crippen LogP contribution in [-0.4, -0.2) is 11.3 Å². The van der Waals surface area contributed by atoms with Crippen LogP contribution >= 0.6 is 11.8 Å². The molecular weight excluding hydrogens is 226 g/mol. The Morgan fingerprint density at radius 2 is 1.71 bits per heavy atom. The maximum atomic E-state index is 5.81. The van der Waals surface area contributed by atoms with Crippen LogP contribution in [0.15, 0.2) is 23.1 Å². The molecule has 1 rings (SSSR count). The summed E-state index contributed by atoms with van der Waals surface area (Å²) in [4.78, 5) is 1.35. The Labute approximate surface area is 110 Å². The highest BCUT2D eigenvalue weighted by molar-refractivity contribution is 8.00. The van der Waals surface area contributed by atoms with Gasteiger partial charge in [0.2, 0.25) is 0 Å². The number of nitrogens with two attached hydrogens (primary N) is 1. The fraction of sp³-hybridized carbons (Fsp3) is 0.600. The minimum absolute atomic E-state index is 0.0985. The lowest BCUT2D eigenvalue weighted by atomic mass is 9.87. The first-order chi connectivity index (χ1) is 7.65. The number of hydrogen-bond donors (Lipinski definition) is 1. The zero-order valence-electron chi connectivity index (χ0n) is 11.9. The van der Waals surface area contributed by atoms with Crippen LogP contribution in [0.4, 0.5) is 0 Å². The van der Waals surface area contributed by atoms with Gasteiger partial charge in [-0.25, -0.2) is 0 Å². The molecule has 0 aliphatic rings. The maximum Gasteiger partial charge on any atom is 0.0273 e. The monoisotopic (exact) mass is 251 g/mol. The van der Waals surface area contributed by atoms with Crippen molar-refractivity contribution in [3.63, 3.8) is 0 Å². The van der Waals surface area contributed by atoms with E-state index >= 15 is 0 Å². The number of rotatable bonds is 3. The van der Waals surface area contributed by atoms with Crippen LogP contribution in [0.5, 0.6) is 0 Å². The molecule has 2 N–H and O–H groups in total. The molecule has 1 nitrogen and oxygen atoms in total. The van der Waals surface area contributed by atoms with E-state index in [0.717, 1.165) is 0 Å². The van der Waals surface area contributed by atoms with E-state index in [1.807, 2.05) is 11.8 Å². The predicted octanol–water partition coefficient (Wildman–Crippen LogP) is 4.12. The van der Waals surface area contributed by atoms with Crippen LogP contribution in [0, 0.1) is 6.92 Å². The third kappa shape index (κ3) is 4.04. The van der Waals surface area contributed by atoms with Crippen LogP contribution in [0.3, 0.4) is 0 Å². The quantitative estimate of drug-likeness (QED) is 0.818. The Morgan fingerprint density at radius 3 is 2.18 bits per heavy atom. The molecule has 0 heterocycles. The van der Waals surface area contributed by atoms with Gasteiger partial charge in [0.25, 0.3) is 0 Å². The maximum absolute atomic E-state index is 5.81. The van der Waals surface area contributed by atoms with Crippen molar-refractivity contribution in [3.8, 4) is 0 Å². The van der Waals surface area contributed by atoms with Crippen LogP contribution in [0.2, 0.25) is 0 Å². The Balaban J connectivity index is 3.08. The van der Waals surface area contributed by atoms with E-state index in [1.54, 1.807) is 0 Å². The fourth-order valence-corrected chi connectivity index (χ4v) is 2.61. The first kappa shape index (κ1) is 14.6. The van der Waals surface area contributed by atoms with Gasteiger partial charge in [0, 0.05) is 16.2 Å². The summed E-state index contributed by atoms with van der Waals surface area (Å²) in [7, 11) is 0. The van der Waals surface area contributed by atoms with Gasteiger partial charge in [0.1, 0.15) is 0 Å². The summed E-state index contributed by atoms with van der Waals surface area (Å²) in [6.07, 6.45) is 0. The van der Waals surface area contributed by atoms with Crippen molar-refractivity contribution in [2.24, 2.45) is 5.73 Å². The van der Waals surface area contributed by atoms with Crippen molar-refractivity contribution in [1.29, 1.82) is 0 Å². The van der Waals surface area contributed by atoms with Gasteiger partial charge in [-0.1, -0.05) is 32.9 Å². The number of benzene rings is 1. The van der Waals surface area contributed by atoms with E-state index in [2.05, 4.69) is 59.7 Å². The third-order valence-electron chi connectivity index (χ3n) is 2.93. The predicted molar refractivity (Wildman–Crippen MR) is 78.9 cm³/mol. The average Bonchev–Trinajstić information content (AvgIpc) is 2.19. The molecule has 96 valence electrons. The Hall–Kier alpha value is -0.470. The second kappa shape index (κ2) is 5.03. The van der Waals surface area contributed by atoms with Gasteiger partial charge in [-0.2, -0.15) is 0 Å². The molecule has 0 bridgehead atoms. The molecule has 1 aromatic carbocycles. The average molecular weight is 251 g/mol. The Bertz CT molecular complexity index is 388. The zero-order chi connectivity index (χ0) is 13.3. The molecule has 0 unspecified atom stereocenters. The topological polar surface area (TPSA) is 26.0 Å². The Morgan fingerprint density at radius 1 is 1.12 bits per heavy atom. The van der Waals surface area contributed by atoms with Crippen molar-refractivity contribution in [2.75, 3.05) is 6.54 Å². The summed E-state index contributed by atoms with van der Waals surface area (Å²) in [5.41, 5.74) is 8.74. The smallest absolute Gasteiger partial charge is 0.0273 e. The van der Waals surface area contributed by atoms with Crippen molar-refractivity contribution < 1.29 is 0 Å². The van der Waals surface area contributed by atoms with Crippen molar-refractivity contribution in [1.82, 2.24) is 0 Å². The highest BCUT2D eigenvalue weighted by atomic mass is 32.2. The molecular formula is C15H25NS. The third-order valence-corrected chi connectivity index (χ3v) is 4.31. The summed E-state index contributed by atoms with van der Waals surface area (Å²) in [5.74, 6) is 0. The normalized spacial score (nSPS) is 12.9. The van der Waals surface area contributed by atoms with Gasteiger partial charge in [-0.3, -0.25) is 0 Å². The van der Waals surface area contributed by atoms with E-state index in [4.69, 9.17) is 5.73 Å². The summed E-state index contributed by atoms with van der Waals surface area (Å²) in [5, 5.41) is 0. The highest BCUT2D eigenvalue weighted by Gasteiger charge is 2.20. The minimum Gasteiger partial charge on any atom is -0.329 e. The molecule has 0 fully saturated rings. The Kier molecular flexibility index (Phi) is 4.32. The molecule has 0 aliphatic carbocycles. The van der Waals surface area contributed by atoms with Gasteiger partial charge >= 0.3 is 0 Å². The van der Waals surface area contributed by atoms with Crippen LogP contribution < -0.4 is 5.73 Å². The molecule has 0 spiro atoms. The van der Waals surface area contributed by atoms with Gasteiger partial charge in [-0.05, 0) is 43.4 Å². The second-order valence-electron chi connectivity index (χ2n) is 6.30. The van der Waals surface area contributed by atoms with E-state index in [-0.39, 0.29) is 10.2 Å². The first-order valence-corrected chi connectivity index (χ1v) is 6.97. The lowest BCUT2D eigenvalue weighted by Crippen LogP contribution is -2.26. The van der Waals surface area contributed by atoms with Crippen LogP contribution in [0.25, 0.3) is 0 Å². The van der Waals surface area contributed by atoms with Crippen LogP contribution in [-0.2, 0) is 5.41 Å². The van der Waals surface area contributed by atoms with E-state index in [9.17, 15) is 0 Å².